The van der Waals surface area contributed by atoms with Gasteiger partial charge >= 0.3 is 0 Å². The molecule has 17 heavy (non-hydrogen) atoms. The summed E-state index contributed by atoms with van der Waals surface area (Å²) in [4.78, 5) is 6.50. The molecule has 0 bridgehead atoms. The predicted molar refractivity (Wildman–Crippen MR) is 67.4 cm³/mol. The van der Waals surface area contributed by atoms with Crippen molar-refractivity contribution in [1.29, 1.82) is 0 Å². The van der Waals surface area contributed by atoms with Crippen molar-refractivity contribution in [3.63, 3.8) is 0 Å². The molecule has 4 nitrogen and oxygen atoms in total. The molecular weight excluding hydrogens is 240 g/mol. The third kappa shape index (κ3) is 2.54. The minimum absolute atomic E-state index is 0.0422. The van der Waals surface area contributed by atoms with Gasteiger partial charge in [-0.25, -0.2) is 4.98 Å². The van der Waals surface area contributed by atoms with E-state index in [0.29, 0.717) is 18.2 Å². The number of hydrogen-bond acceptors (Lipinski definition) is 4. The van der Waals surface area contributed by atoms with Crippen molar-refractivity contribution in [1.82, 2.24) is 4.98 Å². The Labute approximate surface area is 106 Å². The Morgan fingerprint density at radius 3 is 2.94 bits per heavy atom. The number of rotatable bonds is 2. The number of ether oxygens (including phenoxy) is 1. The smallest absolute Gasteiger partial charge is 0.147 e. The summed E-state index contributed by atoms with van der Waals surface area (Å²) >= 11 is 6.21. The minimum Gasteiger partial charge on any atom is -0.392 e. The molecule has 0 aliphatic carbocycles. The maximum absolute atomic E-state index is 9.03. The first kappa shape index (κ1) is 12.6. The topological polar surface area (TPSA) is 45.6 Å². The molecule has 0 saturated carbocycles. The predicted octanol–water partition coefficient (Wildman–Crippen LogP) is 1.84. The van der Waals surface area contributed by atoms with Crippen LogP contribution in [0.5, 0.6) is 0 Å². The number of halogens is 1. The molecule has 1 N–H and O–H groups in total. The number of nitrogens with zero attached hydrogens (tertiary/aromatic N) is 2. The molecule has 94 valence electrons. The Bertz CT molecular complexity index is 409. The third-order valence-electron chi connectivity index (χ3n) is 2.96. The van der Waals surface area contributed by atoms with E-state index in [4.69, 9.17) is 21.4 Å². The van der Waals surface area contributed by atoms with Gasteiger partial charge in [0.25, 0.3) is 0 Å². The van der Waals surface area contributed by atoms with Gasteiger partial charge in [0.05, 0.1) is 30.4 Å². The van der Waals surface area contributed by atoms with Gasteiger partial charge in [0.2, 0.25) is 0 Å². The van der Waals surface area contributed by atoms with Gasteiger partial charge in [-0.3, -0.25) is 0 Å². The quantitative estimate of drug-likeness (QED) is 0.877. The fourth-order valence-electron chi connectivity index (χ4n) is 2.01. The first-order valence-corrected chi connectivity index (χ1v) is 6.03. The van der Waals surface area contributed by atoms with Crippen LogP contribution in [-0.4, -0.2) is 35.4 Å². The van der Waals surface area contributed by atoms with Crippen LogP contribution in [-0.2, 0) is 11.3 Å². The van der Waals surface area contributed by atoms with Crippen LogP contribution >= 0.6 is 11.6 Å². The lowest BCUT2D eigenvalue weighted by atomic mass is 10.0. The Morgan fingerprint density at radius 2 is 2.35 bits per heavy atom. The molecule has 1 aromatic rings. The first-order chi connectivity index (χ1) is 8.04. The van der Waals surface area contributed by atoms with Crippen molar-refractivity contribution in [3.05, 3.63) is 22.8 Å². The summed E-state index contributed by atoms with van der Waals surface area (Å²) in [5, 5.41) is 9.61. The summed E-state index contributed by atoms with van der Waals surface area (Å²) in [6.45, 7) is 6.28. The maximum Gasteiger partial charge on any atom is 0.147 e. The highest BCUT2D eigenvalue weighted by Crippen LogP contribution is 2.31. The normalized spacial score (nSPS) is 19.4. The highest BCUT2D eigenvalue weighted by Gasteiger charge is 2.32. The van der Waals surface area contributed by atoms with Crippen molar-refractivity contribution in [2.24, 2.45) is 0 Å². The van der Waals surface area contributed by atoms with Crippen LogP contribution in [0.2, 0.25) is 5.02 Å². The number of anilines is 1. The van der Waals surface area contributed by atoms with Crippen molar-refractivity contribution in [2.45, 2.75) is 26.0 Å². The Hall–Kier alpha value is -0.840. The van der Waals surface area contributed by atoms with Crippen molar-refractivity contribution in [3.8, 4) is 0 Å². The van der Waals surface area contributed by atoms with Crippen LogP contribution in [0, 0.1) is 0 Å². The van der Waals surface area contributed by atoms with Crippen LogP contribution in [0.1, 0.15) is 19.4 Å². The van der Waals surface area contributed by atoms with Crippen LogP contribution in [0.4, 0.5) is 5.82 Å². The molecule has 2 heterocycles. The number of aromatic nitrogens is 1. The molecule has 0 spiro atoms. The zero-order valence-electron chi connectivity index (χ0n) is 10.1. The van der Waals surface area contributed by atoms with Gasteiger partial charge in [-0.2, -0.15) is 0 Å². The number of pyridine rings is 1. The fourth-order valence-corrected chi connectivity index (χ4v) is 2.30. The molecule has 0 aromatic carbocycles. The van der Waals surface area contributed by atoms with E-state index < -0.39 is 0 Å². The molecule has 0 unspecified atom stereocenters. The van der Waals surface area contributed by atoms with E-state index >= 15 is 0 Å². The average Bonchev–Trinajstić information content (AvgIpc) is 2.29. The average molecular weight is 257 g/mol. The van der Waals surface area contributed by atoms with Crippen molar-refractivity contribution < 1.29 is 9.84 Å². The van der Waals surface area contributed by atoms with E-state index in [1.165, 1.54) is 0 Å². The van der Waals surface area contributed by atoms with Crippen LogP contribution in [0.15, 0.2) is 12.3 Å². The second kappa shape index (κ2) is 4.80. The SMILES string of the molecule is CC1(C)COCCN1c1ncc(CO)cc1Cl. The van der Waals surface area contributed by atoms with Gasteiger partial charge in [0.1, 0.15) is 5.82 Å². The van der Waals surface area contributed by atoms with Gasteiger partial charge < -0.3 is 14.7 Å². The van der Waals surface area contributed by atoms with Crippen LogP contribution < -0.4 is 4.90 Å². The van der Waals surface area contributed by atoms with Crippen LogP contribution in [0.25, 0.3) is 0 Å². The maximum atomic E-state index is 9.03. The summed E-state index contributed by atoms with van der Waals surface area (Å²) in [6.07, 6.45) is 1.66. The highest BCUT2D eigenvalue weighted by molar-refractivity contribution is 6.33. The van der Waals surface area contributed by atoms with Crippen molar-refractivity contribution >= 4 is 17.4 Å². The standard InChI is InChI=1S/C12H17ClN2O2/c1-12(2)8-17-4-3-15(12)11-10(13)5-9(7-16)6-14-11/h5-6,16H,3-4,7-8H2,1-2H3. The minimum atomic E-state index is -0.115. The molecule has 0 radical (unpaired) electrons. The molecule has 1 aliphatic heterocycles. The van der Waals surface area contributed by atoms with Gasteiger partial charge in [0, 0.05) is 12.7 Å². The largest absolute Gasteiger partial charge is 0.392 e. The zero-order valence-corrected chi connectivity index (χ0v) is 10.9. The Balaban J connectivity index is 2.32. The lowest BCUT2D eigenvalue weighted by Gasteiger charge is -2.43. The lowest BCUT2D eigenvalue weighted by Crippen LogP contribution is -2.53. The first-order valence-electron chi connectivity index (χ1n) is 5.65. The second-order valence-corrected chi connectivity index (χ2v) is 5.23. The number of hydrogen-bond donors (Lipinski definition) is 1. The number of morpholine rings is 1. The van der Waals surface area contributed by atoms with E-state index in [2.05, 4.69) is 23.7 Å². The molecule has 1 aliphatic rings. The molecule has 1 saturated heterocycles. The molecule has 0 atom stereocenters. The van der Waals surface area contributed by atoms with E-state index in [1.807, 2.05) is 0 Å². The Morgan fingerprint density at radius 1 is 1.59 bits per heavy atom. The molecular formula is C12H17ClN2O2. The number of aliphatic hydroxyl groups is 1. The second-order valence-electron chi connectivity index (χ2n) is 4.82. The number of aliphatic hydroxyl groups excluding tert-OH is 1. The molecule has 1 aromatic heterocycles. The van der Waals surface area contributed by atoms with E-state index in [-0.39, 0.29) is 12.1 Å². The van der Waals surface area contributed by atoms with Crippen LogP contribution in [0.3, 0.4) is 0 Å². The van der Waals surface area contributed by atoms with Gasteiger partial charge in [-0.15, -0.1) is 0 Å². The van der Waals surface area contributed by atoms with E-state index in [9.17, 15) is 0 Å². The summed E-state index contributed by atoms with van der Waals surface area (Å²) in [7, 11) is 0. The molecule has 0 amide bonds. The highest BCUT2D eigenvalue weighted by atomic mass is 35.5. The summed E-state index contributed by atoms with van der Waals surface area (Å²) in [6, 6.07) is 1.76. The molecule has 2 rings (SSSR count). The fraction of sp³-hybridized carbons (Fsp3) is 0.583. The zero-order chi connectivity index (χ0) is 12.5. The van der Waals surface area contributed by atoms with Gasteiger partial charge in [-0.05, 0) is 25.5 Å². The molecule has 5 heteroatoms. The monoisotopic (exact) mass is 256 g/mol. The Kier molecular flexibility index (Phi) is 3.56. The molecule has 1 fully saturated rings. The summed E-state index contributed by atoms with van der Waals surface area (Å²) in [5.41, 5.74) is 0.611. The van der Waals surface area contributed by atoms with E-state index in [0.717, 1.165) is 17.9 Å². The van der Waals surface area contributed by atoms with Crippen molar-refractivity contribution in [2.75, 3.05) is 24.7 Å². The third-order valence-corrected chi connectivity index (χ3v) is 3.24. The summed E-state index contributed by atoms with van der Waals surface area (Å²) in [5.74, 6) is 0.761. The lowest BCUT2D eigenvalue weighted by molar-refractivity contribution is 0.0639. The van der Waals surface area contributed by atoms with E-state index in [1.54, 1.807) is 12.3 Å². The van der Waals surface area contributed by atoms with Gasteiger partial charge in [-0.1, -0.05) is 11.6 Å². The van der Waals surface area contributed by atoms with Gasteiger partial charge in [0.15, 0.2) is 0 Å². The summed E-state index contributed by atoms with van der Waals surface area (Å²) < 4.78 is 5.47.